The lowest BCUT2D eigenvalue weighted by Gasteiger charge is -2.14. The van der Waals surface area contributed by atoms with Gasteiger partial charge in [0.15, 0.2) is 0 Å². The highest BCUT2D eigenvalue weighted by atomic mass is 31.1. The van der Waals surface area contributed by atoms with E-state index < -0.39 is 0 Å². The van der Waals surface area contributed by atoms with Crippen molar-refractivity contribution >= 4 is 13.5 Å². The molecule has 0 amide bonds. The van der Waals surface area contributed by atoms with Crippen LogP contribution in [-0.2, 0) is 0 Å². The van der Waals surface area contributed by atoms with Crippen LogP contribution in [0.3, 0.4) is 0 Å². The predicted octanol–water partition coefficient (Wildman–Crippen LogP) is 13.1. The zero-order chi connectivity index (χ0) is 25.1. The molecule has 208 valence electrons. The van der Waals surface area contributed by atoms with Crippen molar-refractivity contribution in [1.82, 2.24) is 0 Å². The van der Waals surface area contributed by atoms with E-state index in [9.17, 15) is 0 Å². The van der Waals surface area contributed by atoms with Crippen molar-refractivity contribution in [3.05, 3.63) is 0 Å². The molecule has 1 heterocycles. The second kappa shape index (κ2) is 27.2. The summed E-state index contributed by atoms with van der Waals surface area (Å²) in [5, 5.41) is 1.95. The van der Waals surface area contributed by atoms with Crippen molar-refractivity contribution in [1.29, 1.82) is 0 Å². The summed E-state index contributed by atoms with van der Waals surface area (Å²) >= 11 is 0. The Balaban J connectivity index is 1.83. The van der Waals surface area contributed by atoms with E-state index in [1.54, 1.807) is 8.20 Å². The van der Waals surface area contributed by atoms with Crippen molar-refractivity contribution < 1.29 is 0 Å². The Bertz CT molecular complexity index is 440. The Morgan fingerprint density at radius 2 is 0.800 bits per heavy atom. The molecule has 1 aliphatic heterocycles. The fourth-order valence-electron chi connectivity index (χ4n) is 5.99. The van der Waals surface area contributed by atoms with Gasteiger partial charge in [0.2, 0.25) is 0 Å². The molecule has 1 rings (SSSR count). The van der Waals surface area contributed by atoms with Crippen LogP contribution in [0, 0.1) is 5.92 Å². The third kappa shape index (κ3) is 21.9. The van der Waals surface area contributed by atoms with Crippen LogP contribution in [0.1, 0.15) is 200 Å². The minimum absolute atomic E-state index is 1.00. The monoisotopic (exact) mass is 506 g/mol. The van der Waals surface area contributed by atoms with Crippen molar-refractivity contribution in [3.63, 3.8) is 0 Å². The average Bonchev–Trinajstić information content (AvgIpc) is 3.32. The Morgan fingerprint density at radius 3 is 1.20 bits per heavy atom. The molecule has 0 N–H and O–H groups in total. The summed E-state index contributed by atoms with van der Waals surface area (Å²) in [5.41, 5.74) is 0. The van der Waals surface area contributed by atoms with Crippen LogP contribution < -0.4 is 0 Å². The maximum absolute atomic E-state index is 2.31. The van der Waals surface area contributed by atoms with Gasteiger partial charge in [-0.15, -0.1) is 8.20 Å². The fourth-order valence-corrected chi connectivity index (χ4v) is 7.55. The number of hydrogen-bond donors (Lipinski definition) is 0. The summed E-state index contributed by atoms with van der Waals surface area (Å²) in [6, 6.07) is 0. The summed E-state index contributed by atoms with van der Waals surface area (Å²) in [6.07, 6.45) is 44.3. The van der Waals surface area contributed by atoms with Gasteiger partial charge in [0, 0.05) is 0 Å². The van der Waals surface area contributed by atoms with Crippen LogP contribution in [-0.4, -0.2) is 11.5 Å². The third-order valence-electron chi connectivity index (χ3n) is 8.46. The highest BCUT2D eigenvalue weighted by Crippen LogP contribution is 2.31. The minimum atomic E-state index is 1.00. The van der Waals surface area contributed by atoms with Crippen LogP contribution in [0.2, 0.25) is 0 Å². The van der Waals surface area contributed by atoms with E-state index in [0.29, 0.717) is 0 Å². The van der Waals surface area contributed by atoms with Gasteiger partial charge >= 0.3 is 0 Å². The van der Waals surface area contributed by atoms with Crippen LogP contribution >= 0.6 is 8.20 Å². The van der Waals surface area contributed by atoms with Gasteiger partial charge < -0.3 is 0 Å². The van der Waals surface area contributed by atoms with E-state index >= 15 is 0 Å². The maximum Gasteiger partial charge on any atom is -0.0101 e. The van der Waals surface area contributed by atoms with E-state index in [-0.39, 0.29) is 0 Å². The van der Waals surface area contributed by atoms with Gasteiger partial charge in [0.25, 0.3) is 0 Å². The van der Waals surface area contributed by atoms with Gasteiger partial charge in [-0.2, -0.15) is 0 Å². The fraction of sp³-hybridized carbons (Fsp3) is 0.971. The first kappa shape index (κ1) is 33.2. The minimum Gasteiger partial charge on any atom is -0.105 e. The first-order valence-electron chi connectivity index (χ1n) is 16.9. The molecule has 0 saturated heterocycles. The zero-order valence-corrected chi connectivity index (χ0v) is 25.6. The summed E-state index contributed by atoms with van der Waals surface area (Å²) in [6.45, 7) is 4.62. The Kier molecular flexibility index (Phi) is 25.8. The third-order valence-corrected chi connectivity index (χ3v) is 9.93. The summed E-state index contributed by atoms with van der Waals surface area (Å²) in [5.74, 6) is 1.00. The van der Waals surface area contributed by atoms with E-state index in [1.165, 1.54) is 192 Å². The topological polar surface area (TPSA) is 0 Å². The van der Waals surface area contributed by atoms with Crippen molar-refractivity contribution in [3.8, 4) is 0 Å². The molecule has 0 spiro atoms. The molecule has 1 atom stereocenters. The van der Waals surface area contributed by atoms with Gasteiger partial charge in [-0.3, -0.25) is 0 Å². The van der Waals surface area contributed by atoms with Crippen molar-refractivity contribution in [2.75, 3.05) is 6.16 Å². The van der Waals surface area contributed by atoms with Gasteiger partial charge in [-0.1, -0.05) is 174 Å². The molecule has 0 aromatic carbocycles. The summed E-state index contributed by atoms with van der Waals surface area (Å²) in [4.78, 5) is 0. The highest BCUT2D eigenvalue weighted by molar-refractivity contribution is 7.41. The van der Waals surface area contributed by atoms with Gasteiger partial charge in [0.1, 0.15) is 0 Å². The number of unbranched alkanes of at least 4 members (excludes halogenated alkanes) is 24. The van der Waals surface area contributed by atoms with Crippen molar-refractivity contribution in [2.24, 2.45) is 5.92 Å². The van der Waals surface area contributed by atoms with Crippen molar-refractivity contribution in [2.45, 2.75) is 200 Å². The normalized spacial score (nSPS) is 16.2. The lowest BCUT2D eigenvalue weighted by Crippen LogP contribution is -2.09. The van der Waals surface area contributed by atoms with Crippen LogP contribution in [0.5, 0.6) is 0 Å². The standard InChI is InChI=1S/C34H67P/c1-3-5-7-9-11-13-15-17-19-21-23-25-27-29-33-31-32-35-34(33)30-28-26-24-22-20-18-16-14-12-10-8-6-4-2/h33H,3-32H2,1-2H3. The van der Waals surface area contributed by atoms with E-state index in [4.69, 9.17) is 0 Å². The smallest absolute Gasteiger partial charge is 0.0101 e. The van der Waals surface area contributed by atoms with E-state index in [0.717, 1.165) is 5.92 Å². The molecule has 0 aromatic rings. The SMILES string of the molecule is CCCCCCCCCCCCCCCC1=PCCC1CCCCCCCCCCCCCCC. The first-order chi connectivity index (χ1) is 17.4. The molecule has 1 unspecified atom stereocenters. The average molecular weight is 507 g/mol. The van der Waals surface area contributed by atoms with Gasteiger partial charge in [-0.25, -0.2) is 0 Å². The molecule has 1 heteroatoms. The molecule has 0 aromatic heterocycles. The van der Waals surface area contributed by atoms with Gasteiger partial charge in [-0.05, 0) is 43.1 Å². The highest BCUT2D eigenvalue weighted by Gasteiger charge is 2.18. The lowest BCUT2D eigenvalue weighted by molar-refractivity contribution is 0.513. The molecule has 0 saturated carbocycles. The van der Waals surface area contributed by atoms with Crippen LogP contribution in [0.15, 0.2) is 0 Å². The number of rotatable bonds is 28. The maximum atomic E-state index is 2.31. The Hall–Kier alpha value is 0.170. The molecular weight excluding hydrogens is 439 g/mol. The molecule has 0 aliphatic carbocycles. The van der Waals surface area contributed by atoms with Gasteiger partial charge in [0.05, 0.1) is 0 Å². The molecule has 0 radical (unpaired) electrons. The Morgan fingerprint density at radius 1 is 0.457 bits per heavy atom. The molecule has 35 heavy (non-hydrogen) atoms. The largest absolute Gasteiger partial charge is 0.105 e. The summed E-state index contributed by atoms with van der Waals surface area (Å²) < 4.78 is 0. The second-order valence-corrected chi connectivity index (χ2v) is 13.2. The lowest BCUT2D eigenvalue weighted by atomic mass is 9.92. The second-order valence-electron chi connectivity index (χ2n) is 11.9. The Labute approximate surface area is 225 Å². The van der Waals surface area contributed by atoms with Crippen LogP contribution in [0.25, 0.3) is 0 Å². The summed E-state index contributed by atoms with van der Waals surface area (Å²) in [7, 11) is 1.73. The van der Waals surface area contributed by atoms with E-state index in [1.807, 2.05) is 5.29 Å². The zero-order valence-electron chi connectivity index (χ0n) is 24.7. The molecule has 1 aliphatic rings. The molecular formula is C34H67P. The predicted molar refractivity (Wildman–Crippen MR) is 166 cm³/mol. The quantitative estimate of drug-likeness (QED) is 0.0731. The van der Waals surface area contributed by atoms with Crippen LogP contribution in [0.4, 0.5) is 0 Å². The molecule has 0 bridgehead atoms. The number of hydrogen-bond acceptors (Lipinski definition) is 0. The first-order valence-corrected chi connectivity index (χ1v) is 18.0. The van der Waals surface area contributed by atoms with E-state index in [2.05, 4.69) is 13.8 Å². The molecule has 0 nitrogen and oxygen atoms in total. The molecule has 0 fully saturated rings.